The van der Waals surface area contributed by atoms with Crippen molar-refractivity contribution in [2.75, 3.05) is 27.4 Å². The summed E-state index contributed by atoms with van der Waals surface area (Å²) >= 11 is 0. The van der Waals surface area contributed by atoms with Gasteiger partial charge in [0.25, 0.3) is 0 Å². The minimum absolute atomic E-state index is 0.563. The van der Waals surface area contributed by atoms with Crippen molar-refractivity contribution >= 4 is 45.5 Å². The third kappa shape index (κ3) is 4.39. The Morgan fingerprint density at radius 1 is 0.552 bits per heavy atom. The van der Waals surface area contributed by atoms with E-state index in [0.29, 0.717) is 11.4 Å². The van der Waals surface area contributed by atoms with Gasteiger partial charge in [0.2, 0.25) is 0 Å². The van der Waals surface area contributed by atoms with E-state index in [1.165, 1.54) is 0 Å². The van der Waals surface area contributed by atoms with Crippen LogP contribution in [0.25, 0.3) is 0 Å². The highest BCUT2D eigenvalue weighted by Gasteiger charge is 2.09. The lowest BCUT2D eigenvalue weighted by molar-refractivity contribution is 1.32. The number of aromatic nitrogens is 1. The molecule has 144 valence electrons. The number of nitrogens with zero attached hydrogens (tertiary/aromatic N) is 1. The minimum Gasteiger partial charge on any atom is -0.397 e. The molecule has 0 saturated carbocycles. The van der Waals surface area contributed by atoms with E-state index in [-0.39, 0.29) is 0 Å². The molecule has 6 nitrogen and oxygen atoms in total. The largest absolute Gasteiger partial charge is 0.397 e. The summed E-state index contributed by atoms with van der Waals surface area (Å²) < 4.78 is 0. The summed E-state index contributed by atoms with van der Waals surface area (Å²) in [6, 6.07) is 25.4. The highest BCUT2D eigenvalue weighted by Crippen LogP contribution is 2.35. The minimum atomic E-state index is 0.563. The Morgan fingerprint density at radius 2 is 1.14 bits per heavy atom. The van der Waals surface area contributed by atoms with Crippen molar-refractivity contribution in [1.82, 2.24) is 4.98 Å². The zero-order valence-electron chi connectivity index (χ0n) is 15.8. The summed E-state index contributed by atoms with van der Waals surface area (Å²) in [5.41, 5.74) is 18.7. The van der Waals surface area contributed by atoms with Crippen LogP contribution in [0, 0.1) is 0 Å². The molecule has 1 aromatic heterocycles. The first-order valence-electron chi connectivity index (χ1n) is 9.23. The van der Waals surface area contributed by atoms with Crippen molar-refractivity contribution < 1.29 is 0 Å². The molecule has 0 radical (unpaired) electrons. The molecule has 0 aliphatic rings. The lowest BCUT2D eigenvalue weighted by atomic mass is 10.1. The second-order valence-electron chi connectivity index (χ2n) is 6.56. The van der Waals surface area contributed by atoms with E-state index in [4.69, 9.17) is 11.5 Å². The number of hydrogen-bond acceptors (Lipinski definition) is 6. The second-order valence-corrected chi connectivity index (χ2v) is 6.56. The zero-order valence-corrected chi connectivity index (χ0v) is 15.8. The Balaban J connectivity index is 1.62. The summed E-state index contributed by atoms with van der Waals surface area (Å²) in [6.07, 6.45) is 3.46. The van der Waals surface area contributed by atoms with E-state index < -0.39 is 0 Å². The maximum Gasteiger partial charge on any atom is 0.0640 e. The first-order chi connectivity index (χ1) is 14.2. The summed E-state index contributed by atoms with van der Waals surface area (Å²) in [7, 11) is 0. The van der Waals surface area contributed by atoms with E-state index in [1.807, 2.05) is 72.8 Å². The van der Waals surface area contributed by atoms with Crippen LogP contribution in [-0.2, 0) is 0 Å². The van der Waals surface area contributed by atoms with Gasteiger partial charge in [0, 0.05) is 11.9 Å². The Labute approximate surface area is 169 Å². The van der Waals surface area contributed by atoms with E-state index in [1.54, 1.807) is 18.5 Å². The highest BCUT2D eigenvalue weighted by atomic mass is 15.0. The van der Waals surface area contributed by atoms with Gasteiger partial charge in [0.15, 0.2) is 0 Å². The Morgan fingerprint density at radius 3 is 1.83 bits per heavy atom. The van der Waals surface area contributed by atoms with Crippen molar-refractivity contribution in [3.8, 4) is 0 Å². The monoisotopic (exact) mass is 382 g/mol. The Kier molecular flexibility index (Phi) is 5.16. The molecule has 4 rings (SSSR count). The average molecular weight is 382 g/mol. The second kappa shape index (κ2) is 8.22. The van der Waals surface area contributed by atoms with Crippen molar-refractivity contribution in [3.05, 3.63) is 91.3 Å². The molecule has 0 saturated heterocycles. The fraction of sp³-hybridized carbons (Fsp3) is 0. The van der Waals surface area contributed by atoms with Gasteiger partial charge in [-0.15, -0.1) is 0 Å². The highest BCUT2D eigenvalue weighted by molar-refractivity contribution is 5.88. The third-order valence-electron chi connectivity index (χ3n) is 4.41. The molecule has 29 heavy (non-hydrogen) atoms. The SMILES string of the molecule is Nc1cc(N)c(Nc2ccccc2Nc2ccccc2)cc1Nc1cccnc1. The van der Waals surface area contributed by atoms with Crippen LogP contribution in [0.3, 0.4) is 0 Å². The predicted molar refractivity (Wildman–Crippen MR) is 122 cm³/mol. The molecule has 4 aromatic rings. The van der Waals surface area contributed by atoms with Crippen LogP contribution in [0.4, 0.5) is 45.5 Å². The fourth-order valence-corrected chi connectivity index (χ4v) is 2.97. The van der Waals surface area contributed by atoms with Crippen LogP contribution in [0.5, 0.6) is 0 Å². The molecule has 0 amide bonds. The van der Waals surface area contributed by atoms with Crippen LogP contribution in [0.15, 0.2) is 91.3 Å². The zero-order chi connectivity index (χ0) is 20.1. The molecule has 0 bridgehead atoms. The van der Waals surface area contributed by atoms with Gasteiger partial charge >= 0.3 is 0 Å². The maximum atomic E-state index is 6.23. The first-order valence-corrected chi connectivity index (χ1v) is 9.23. The molecule has 0 atom stereocenters. The first kappa shape index (κ1) is 18.2. The van der Waals surface area contributed by atoms with Crippen molar-refractivity contribution in [3.63, 3.8) is 0 Å². The van der Waals surface area contributed by atoms with Crippen molar-refractivity contribution in [1.29, 1.82) is 0 Å². The molecule has 0 aliphatic carbocycles. The summed E-state index contributed by atoms with van der Waals surface area (Å²) in [5.74, 6) is 0. The van der Waals surface area contributed by atoms with E-state index in [2.05, 4.69) is 20.9 Å². The molecule has 0 fully saturated rings. The standard InChI is InChI=1S/C23H22N6/c24-18-13-19(25)23(14-22(18)28-17-9-6-12-26-15-17)29-21-11-5-4-10-20(21)27-16-7-2-1-3-8-16/h1-15,27-29H,24-25H2. The molecule has 0 spiro atoms. The summed E-state index contributed by atoms with van der Waals surface area (Å²) in [6.45, 7) is 0. The topological polar surface area (TPSA) is 101 Å². The number of benzene rings is 3. The third-order valence-corrected chi connectivity index (χ3v) is 4.41. The molecule has 3 aromatic carbocycles. The van der Waals surface area contributed by atoms with Crippen molar-refractivity contribution in [2.24, 2.45) is 0 Å². The summed E-state index contributed by atoms with van der Waals surface area (Å²) in [5, 5.41) is 10.1. The normalized spacial score (nSPS) is 10.3. The lowest BCUT2D eigenvalue weighted by Gasteiger charge is -2.17. The van der Waals surface area contributed by atoms with Crippen LogP contribution in [-0.4, -0.2) is 4.98 Å². The van der Waals surface area contributed by atoms with Crippen LogP contribution < -0.4 is 27.4 Å². The van der Waals surface area contributed by atoms with E-state index in [0.717, 1.165) is 34.1 Å². The van der Waals surface area contributed by atoms with Gasteiger partial charge in [-0.25, -0.2) is 0 Å². The predicted octanol–water partition coefficient (Wildman–Crippen LogP) is 5.48. The molecular formula is C23H22N6. The molecular weight excluding hydrogens is 360 g/mol. The molecule has 0 unspecified atom stereocenters. The number of hydrogen-bond donors (Lipinski definition) is 5. The fourth-order valence-electron chi connectivity index (χ4n) is 2.97. The van der Waals surface area contributed by atoms with Gasteiger partial charge in [-0.1, -0.05) is 30.3 Å². The van der Waals surface area contributed by atoms with Crippen LogP contribution in [0.1, 0.15) is 0 Å². The number of nitrogens with two attached hydrogens (primary N) is 2. The molecule has 0 aliphatic heterocycles. The van der Waals surface area contributed by atoms with Gasteiger partial charge in [-0.05, 0) is 48.5 Å². The number of nitrogens with one attached hydrogen (secondary N) is 3. The van der Waals surface area contributed by atoms with E-state index in [9.17, 15) is 0 Å². The number of nitrogen functional groups attached to an aromatic ring is 2. The van der Waals surface area contributed by atoms with Gasteiger partial charge in [0.1, 0.15) is 0 Å². The quantitative estimate of drug-likeness (QED) is 0.283. The number of anilines is 8. The lowest BCUT2D eigenvalue weighted by Crippen LogP contribution is -2.03. The van der Waals surface area contributed by atoms with Crippen LogP contribution in [0.2, 0.25) is 0 Å². The van der Waals surface area contributed by atoms with Gasteiger partial charge in [0.05, 0.1) is 46.0 Å². The van der Waals surface area contributed by atoms with E-state index >= 15 is 0 Å². The van der Waals surface area contributed by atoms with Gasteiger partial charge < -0.3 is 27.4 Å². The number of pyridine rings is 1. The number of rotatable bonds is 6. The van der Waals surface area contributed by atoms with Crippen LogP contribution >= 0.6 is 0 Å². The summed E-state index contributed by atoms with van der Waals surface area (Å²) in [4.78, 5) is 4.12. The molecule has 6 heteroatoms. The average Bonchev–Trinajstić information content (AvgIpc) is 2.74. The molecule has 7 N–H and O–H groups in total. The maximum absolute atomic E-state index is 6.23. The van der Waals surface area contributed by atoms with Gasteiger partial charge in [-0.3, -0.25) is 4.98 Å². The smallest absolute Gasteiger partial charge is 0.0640 e. The Bertz CT molecular complexity index is 1100. The van der Waals surface area contributed by atoms with Gasteiger partial charge in [-0.2, -0.15) is 0 Å². The number of para-hydroxylation sites is 3. The molecule has 1 heterocycles. The van der Waals surface area contributed by atoms with Crippen molar-refractivity contribution in [2.45, 2.75) is 0 Å². The Hall–Kier alpha value is -4.19.